The molecule has 1 saturated carbocycles. The van der Waals surface area contributed by atoms with Crippen LogP contribution in [0.5, 0.6) is 0 Å². The number of nitrogens with zero attached hydrogens (tertiary/aromatic N) is 1. The molecule has 1 amide bonds. The average Bonchev–Trinajstić information content (AvgIpc) is 3.56. The first-order valence-electron chi connectivity index (χ1n) is 13.8. The van der Waals surface area contributed by atoms with E-state index in [1.165, 1.54) is 6.07 Å². The SMILES string of the molecule is CNC[C@@H]1C[C@@]1(C)C(=O)N1CCCC([C@@](O)(CCCCOC)c2cccc(F)c2-c2cccc(C)c2)C1. The largest absolute Gasteiger partial charge is 0.385 e. The zero-order valence-corrected chi connectivity index (χ0v) is 22.9. The summed E-state index contributed by atoms with van der Waals surface area (Å²) < 4.78 is 20.7. The molecule has 4 rings (SSSR count). The van der Waals surface area contributed by atoms with Gasteiger partial charge >= 0.3 is 0 Å². The van der Waals surface area contributed by atoms with Gasteiger partial charge in [-0.15, -0.1) is 0 Å². The molecule has 1 aliphatic heterocycles. The molecule has 1 saturated heterocycles. The number of piperidine rings is 1. The van der Waals surface area contributed by atoms with E-state index in [-0.39, 0.29) is 23.1 Å². The van der Waals surface area contributed by atoms with Gasteiger partial charge in [-0.05, 0) is 82.2 Å². The second kappa shape index (κ2) is 11.6. The van der Waals surface area contributed by atoms with Gasteiger partial charge in [-0.1, -0.05) is 48.9 Å². The molecule has 1 unspecified atom stereocenters. The van der Waals surface area contributed by atoms with E-state index in [2.05, 4.69) is 12.2 Å². The van der Waals surface area contributed by atoms with E-state index in [0.29, 0.717) is 43.2 Å². The second-order valence-corrected chi connectivity index (χ2v) is 11.4. The molecule has 2 aromatic rings. The molecule has 6 heteroatoms. The van der Waals surface area contributed by atoms with E-state index in [1.807, 2.05) is 49.2 Å². The monoisotopic (exact) mass is 510 g/mol. The Morgan fingerprint density at radius 2 is 2.05 bits per heavy atom. The number of unbranched alkanes of at least 4 members (excludes halogenated alkanes) is 1. The third kappa shape index (κ3) is 5.76. The first-order valence-corrected chi connectivity index (χ1v) is 13.8. The third-order valence-corrected chi connectivity index (χ3v) is 8.68. The standard InChI is InChI=1S/C31H43FN2O3/c1-22-10-7-11-23(18-22)28-26(13-8-14-27(28)32)31(36,15-5-6-17-37-4)24-12-9-16-34(21-24)29(35)30(2)19-25(30)20-33-3/h7-8,10-11,13-14,18,24-25,33,36H,5-6,9,12,15-17,19-21H2,1-4H3/t24?,25-,30+,31-/m0/s1. The molecule has 5 nitrogen and oxygen atoms in total. The minimum atomic E-state index is -1.26. The predicted octanol–water partition coefficient (Wildman–Crippen LogP) is 5.29. The van der Waals surface area contributed by atoms with Gasteiger partial charge in [0.25, 0.3) is 0 Å². The van der Waals surface area contributed by atoms with Crippen molar-refractivity contribution in [3.63, 3.8) is 0 Å². The van der Waals surface area contributed by atoms with Crippen LogP contribution in [0.3, 0.4) is 0 Å². The van der Waals surface area contributed by atoms with Crippen molar-refractivity contribution in [2.45, 2.75) is 58.0 Å². The van der Waals surface area contributed by atoms with E-state index in [4.69, 9.17) is 4.74 Å². The fourth-order valence-electron chi connectivity index (χ4n) is 6.35. The summed E-state index contributed by atoms with van der Waals surface area (Å²) in [5, 5.41) is 15.7. The summed E-state index contributed by atoms with van der Waals surface area (Å²) in [5.74, 6) is 0.0394. The van der Waals surface area contributed by atoms with Crippen LogP contribution in [0.15, 0.2) is 42.5 Å². The molecule has 4 atom stereocenters. The van der Waals surface area contributed by atoms with E-state index < -0.39 is 5.60 Å². The summed E-state index contributed by atoms with van der Waals surface area (Å²) in [5.41, 5.74) is 1.31. The maximum Gasteiger partial charge on any atom is 0.228 e. The number of benzene rings is 2. The van der Waals surface area contributed by atoms with Crippen molar-refractivity contribution < 1.29 is 19.0 Å². The van der Waals surface area contributed by atoms with Gasteiger partial charge in [-0.3, -0.25) is 4.79 Å². The number of carbonyl (C=O) groups excluding carboxylic acids is 1. The lowest BCUT2D eigenvalue weighted by Crippen LogP contribution is -2.50. The van der Waals surface area contributed by atoms with Crippen LogP contribution in [0.25, 0.3) is 11.1 Å². The predicted molar refractivity (Wildman–Crippen MR) is 146 cm³/mol. The van der Waals surface area contributed by atoms with Gasteiger partial charge in [0.1, 0.15) is 5.82 Å². The normalized spacial score (nSPS) is 25.1. The molecule has 2 N–H and O–H groups in total. The smallest absolute Gasteiger partial charge is 0.228 e. The number of carbonyl (C=O) groups is 1. The Balaban J connectivity index is 1.68. The van der Waals surface area contributed by atoms with Gasteiger partial charge in [0.15, 0.2) is 0 Å². The first-order chi connectivity index (χ1) is 17.7. The number of halogens is 1. The number of aryl methyl sites for hydroxylation is 1. The van der Waals surface area contributed by atoms with Crippen molar-refractivity contribution in [1.82, 2.24) is 10.2 Å². The van der Waals surface area contributed by atoms with Crippen LogP contribution in [-0.4, -0.2) is 56.3 Å². The highest BCUT2D eigenvalue weighted by Crippen LogP contribution is 2.54. The number of amides is 1. The lowest BCUT2D eigenvalue weighted by Gasteiger charge is -2.44. The topological polar surface area (TPSA) is 61.8 Å². The number of hydrogen-bond donors (Lipinski definition) is 2. The molecule has 1 heterocycles. The minimum Gasteiger partial charge on any atom is -0.385 e. The summed E-state index contributed by atoms with van der Waals surface area (Å²) in [6.07, 6.45) is 4.58. The Bertz CT molecular complexity index is 1090. The molecule has 0 aromatic heterocycles. The Morgan fingerprint density at radius 3 is 2.78 bits per heavy atom. The Morgan fingerprint density at radius 1 is 1.27 bits per heavy atom. The zero-order chi connectivity index (χ0) is 26.6. The van der Waals surface area contributed by atoms with Crippen molar-refractivity contribution in [2.24, 2.45) is 17.3 Å². The van der Waals surface area contributed by atoms with Crippen LogP contribution < -0.4 is 5.32 Å². The molecule has 202 valence electrons. The van der Waals surface area contributed by atoms with Gasteiger partial charge in [0, 0.05) is 38.3 Å². The van der Waals surface area contributed by atoms with Crippen molar-refractivity contribution in [2.75, 3.05) is 40.4 Å². The molecule has 0 radical (unpaired) electrons. The van der Waals surface area contributed by atoms with Crippen LogP contribution >= 0.6 is 0 Å². The summed E-state index contributed by atoms with van der Waals surface area (Å²) in [4.78, 5) is 15.6. The Hall–Kier alpha value is -2.28. The van der Waals surface area contributed by atoms with Crippen molar-refractivity contribution >= 4 is 5.91 Å². The summed E-state index contributed by atoms with van der Waals surface area (Å²) >= 11 is 0. The van der Waals surface area contributed by atoms with E-state index in [9.17, 15) is 9.90 Å². The van der Waals surface area contributed by atoms with Gasteiger partial charge in [-0.2, -0.15) is 0 Å². The van der Waals surface area contributed by atoms with Crippen molar-refractivity contribution in [3.8, 4) is 11.1 Å². The molecule has 2 aliphatic rings. The Labute approximate surface area is 221 Å². The second-order valence-electron chi connectivity index (χ2n) is 11.4. The van der Waals surface area contributed by atoms with Crippen molar-refractivity contribution in [1.29, 1.82) is 0 Å². The van der Waals surface area contributed by atoms with Crippen LogP contribution in [0, 0.1) is 30.0 Å². The summed E-state index contributed by atoms with van der Waals surface area (Å²) in [6, 6.07) is 12.8. The number of aliphatic hydroxyl groups is 1. The van der Waals surface area contributed by atoms with E-state index in [0.717, 1.165) is 49.8 Å². The fraction of sp³-hybridized carbons (Fsp3) is 0.581. The molecule has 0 bridgehead atoms. The van der Waals surface area contributed by atoms with Crippen LogP contribution in [0.4, 0.5) is 4.39 Å². The maximum absolute atomic E-state index is 15.5. The molecule has 0 spiro atoms. The maximum atomic E-state index is 15.5. The molecular formula is C31H43FN2O3. The fourth-order valence-corrected chi connectivity index (χ4v) is 6.35. The number of ether oxygens (including phenoxy) is 1. The van der Waals surface area contributed by atoms with Gasteiger partial charge in [0.2, 0.25) is 5.91 Å². The number of hydrogen-bond acceptors (Lipinski definition) is 4. The van der Waals surface area contributed by atoms with Crippen LogP contribution in [-0.2, 0) is 15.1 Å². The number of nitrogens with one attached hydrogen (secondary N) is 1. The van der Waals surface area contributed by atoms with Crippen molar-refractivity contribution in [3.05, 3.63) is 59.4 Å². The molecule has 2 aromatic carbocycles. The number of likely N-dealkylation sites (tertiary alicyclic amines) is 1. The van der Waals surface area contributed by atoms with Crippen LogP contribution in [0.1, 0.15) is 56.6 Å². The molecule has 2 fully saturated rings. The van der Waals surface area contributed by atoms with Crippen LogP contribution in [0.2, 0.25) is 0 Å². The van der Waals surface area contributed by atoms with Gasteiger partial charge < -0.3 is 20.1 Å². The third-order valence-electron chi connectivity index (χ3n) is 8.68. The quantitative estimate of drug-likeness (QED) is 0.403. The average molecular weight is 511 g/mol. The van der Waals surface area contributed by atoms with Gasteiger partial charge in [-0.25, -0.2) is 4.39 Å². The molecule has 37 heavy (non-hydrogen) atoms. The minimum absolute atomic E-state index is 0.178. The summed E-state index contributed by atoms with van der Waals surface area (Å²) in [6.45, 7) is 6.72. The van der Waals surface area contributed by atoms with E-state index >= 15 is 4.39 Å². The number of methoxy groups -OCH3 is 1. The first kappa shape index (κ1) is 27.7. The molecule has 1 aliphatic carbocycles. The highest BCUT2D eigenvalue weighted by molar-refractivity contribution is 5.85. The lowest BCUT2D eigenvalue weighted by atomic mass is 9.71. The highest BCUT2D eigenvalue weighted by atomic mass is 19.1. The van der Waals surface area contributed by atoms with E-state index in [1.54, 1.807) is 13.2 Å². The number of rotatable bonds is 11. The van der Waals surface area contributed by atoms with Gasteiger partial charge in [0.05, 0.1) is 11.0 Å². The highest BCUT2D eigenvalue weighted by Gasteiger charge is 2.57. The Kier molecular flexibility index (Phi) is 8.72. The summed E-state index contributed by atoms with van der Waals surface area (Å²) in [7, 11) is 3.60. The zero-order valence-electron chi connectivity index (χ0n) is 22.9. The lowest BCUT2D eigenvalue weighted by molar-refractivity contribution is -0.142. The molecular weight excluding hydrogens is 467 g/mol.